The summed E-state index contributed by atoms with van der Waals surface area (Å²) in [6.45, 7) is -0.659. The molecule has 1 N–H and O–H groups in total. The van der Waals surface area contributed by atoms with E-state index < -0.39 is 30.5 Å². The van der Waals surface area contributed by atoms with Gasteiger partial charge in [-0.3, -0.25) is 4.79 Å². The van der Waals surface area contributed by atoms with Crippen LogP contribution in [-0.2, 0) is 4.79 Å². The average molecular weight is 261 g/mol. The lowest BCUT2D eigenvalue weighted by Gasteiger charge is -2.18. The minimum Gasteiger partial charge on any atom is -0.481 e. The molecule has 0 radical (unpaired) electrons. The van der Waals surface area contributed by atoms with Crippen molar-refractivity contribution in [2.45, 2.75) is 6.18 Å². The number of anilines is 1. The van der Waals surface area contributed by atoms with E-state index in [2.05, 4.69) is 9.97 Å². The molecule has 1 saturated heterocycles. The summed E-state index contributed by atoms with van der Waals surface area (Å²) in [6.07, 6.45) is -1.73. The summed E-state index contributed by atoms with van der Waals surface area (Å²) in [6, 6.07) is 1.54. The summed E-state index contributed by atoms with van der Waals surface area (Å²) in [5.74, 6) is -4.70. The van der Waals surface area contributed by atoms with Gasteiger partial charge < -0.3 is 10.0 Å². The molecule has 0 aliphatic carbocycles. The maximum atomic E-state index is 12.7. The van der Waals surface area contributed by atoms with Gasteiger partial charge in [0.1, 0.15) is 0 Å². The van der Waals surface area contributed by atoms with Crippen LogP contribution in [0.4, 0.5) is 19.1 Å². The van der Waals surface area contributed by atoms with Gasteiger partial charge in [-0.1, -0.05) is 0 Å². The lowest BCUT2D eigenvalue weighted by atomic mass is 9.96. The zero-order valence-electron chi connectivity index (χ0n) is 9.13. The average Bonchev–Trinajstić information content (AvgIpc) is 2.74. The minimum atomic E-state index is -4.54. The van der Waals surface area contributed by atoms with Crippen molar-refractivity contribution in [2.75, 3.05) is 18.0 Å². The normalized spacial score (nSPS) is 24.3. The lowest BCUT2D eigenvalue weighted by Crippen LogP contribution is -2.33. The topological polar surface area (TPSA) is 66.3 Å². The molecule has 18 heavy (non-hydrogen) atoms. The summed E-state index contributed by atoms with van der Waals surface area (Å²) >= 11 is 0. The quantitative estimate of drug-likeness (QED) is 0.865. The fourth-order valence-corrected chi connectivity index (χ4v) is 2.00. The number of hydrogen-bond acceptors (Lipinski definition) is 4. The molecule has 0 spiro atoms. The molecule has 1 aromatic heterocycles. The standard InChI is InChI=1S/C10H10F3N3O2/c11-10(12,13)7-5-16(4-6(7)8(17)18)9-14-2-1-3-15-9/h1-3,6-7H,4-5H2,(H,17,18)/t6-,7-/m1/s1. The highest BCUT2D eigenvalue weighted by Gasteiger charge is 2.53. The van der Waals surface area contributed by atoms with E-state index in [1.165, 1.54) is 23.4 Å². The van der Waals surface area contributed by atoms with E-state index >= 15 is 0 Å². The summed E-state index contributed by atoms with van der Waals surface area (Å²) in [7, 11) is 0. The number of hydrogen-bond donors (Lipinski definition) is 1. The minimum absolute atomic E-state index is 0.121. The molecular weight excluding hydrogens is 251 g/mol. The summed E-state index contributed by atoms with van der Waals surface area (Å²) < 4.78 is 38.2. The molecule has 5 nitrogen and oxygen atoms in total. The Labute approximate surface area is 100 Å². The Morgan fingerprint density at radius 2 is 1.94 bits per heavy atom. The van der Waals surface area contributed by atoms with Gasteiger partial charge >= 0.3 is 12.1 Å². The van der Waals surface area contributed by atoms with Crippen LogP contribution in [0.5, 0.6) is 0 Å². The van der Waals surface area contributed by atoms with E-state index in [0.717, 1.165) is 0 Å². The van der Waals surface area contributed by atoms with Crippen LogP contribution >= 0.6 is 0 Å². The predicted octanol–water partition coefficient (Wildman–Crippen LogP) is 1.18. The van der Waals surface area contributed by atoms with Crippen molar-refractivity contribution in [3.05, 3.63) is 18.5 Å². The summed E-state index contributed by atoms with van der Waals surface area (Å²) in [5.41, 5.74) is 0. The number of aliphatic carboxylic acids is 1. The zero-order chi connectivity index (χ0) is 13.3. The number of carboxylic acids is 1. The van der Waals surface area contributed by atoms with Gasteiger partial charge in [0.15, 0.2) is 0 Å². The van der Waals surface area contributed by atoms with Crippen molar-refractivity contribution < 1.29 is 23.1 Å². The Hall–Kier alpha value is -1.86. The first-order valence-electron chi connectivity index (χ1n) is 5.21. The third kappa shape index (κ3) is 2.36. The van der Waals surface area contributed by atoms with Crippen LogP contribution in [-0.4, -0.2) is 40.3 Å². The number of rotatable bonds is 2. The van der Waals surface area contributed by atoms with Gasteiger partial charge in [0.2, 0.25) is 5.95 Å². The van der Waals surface area contributed by atoms with Crippen LogP contribution in [0.1, 0.15) is 0 Å². The molecule has 1 fully saturated rings. The Morgan fingerprint density at radius 1 is 1.33 bits per heavy atom. The molecule has 0 amide bonds. The molecule has 2 heterocycles. The van der Waals surface area contributed by atoms with Crippen LogP contribution in [0.3, 0.4) is 0 Å². The molecule has 2 rings (SSSR count). The maximum Gasteiger partial charge on any atom is 0.394 e. The third-order valence-electron chi connectivity index (χ3n) is 2.89. The molecule has 8 heteroatoms. The smallest absolute Gasteiger partial charge is 0.394 e. The highest BCUT2D eigenvalue weighted by atomic mass is 19.4. The number of alkyl halides is 3. The van der Waals surface area contributed by atoms with Gasteiger partial charge in [-0.05, 0) is 6.07 Å². The van der Waals surface area contributed by atoms with E-state index in [-0.39, 0.29) is 12.5 Å². The Bertz CT molecular complexity index is 438. The van der Waals surface area contributed by atoms with Gasteiger partial charge in [0.25, 0.3) is 0 Å². The number of halogens is 3. The second-order valence-electron chi connectivity index (χ2n) is 4.05. The van der Waals surface area contributed by atoms with Gasteiger partial charge in [-0.2, -0.15) is 13.2 Å². The first-order chi connectivity index (χ1) is 8.39. The van der Waals surface area contributed by atoms with Gasteiger partial charge in [0.05, 0.1) is 11.8 Å². The molecule has 0 saturated carbocycles. The van der Waals surface area contributed by atoms with E-state index in [1.807, 2.05) is 0 Å². The molecule has 2 atom stereocenters. The van der Waals surface area contributed by atoms with Gasteiger partial charge in [0, 0.05) is 25.5 Å². The van der Waals surface area contributed by atoms with Crippen LogP contribution in [0.2, 0.25) is 0 Å². The van der Waals surface area contributed by atoms with Crippen molar-refractivity contribution in [2.24, 2.45) is 11.8 Å². The van der Waals surface area contributed by atoms with Crippen molar-refractivity contribution in [1.29, 1.82) is 0 Å². The fraction of sp³-hybridized carbons (Fsp3) is 0.500. The molecule has 1 aromatic rings. The van der Waals surface area contributed by atoms with Crippen molar-refractivity contribution in [1.82, 2.24) is 9.97 Å². The third-order valence-corrected chi connectivity index (χ3v) is 2.89. The molecule has 0 bridgehead atoms. The highest BCUT2D eigenvalue weighted by molar-refractivity contribution is 5.72. The largest absolute Gasteiger partial charge is 0.481 e. The second-order valence-corrected chi connectivity index (χ2v) is 4.05. The SMILES string of the molecule is O=C(O)[C@@H]1CN(c2ncccn2)C[C@H]1C(F)(F)F. The monoisotopic (exact) mass is 261 g/mol. The van der Waals surface area contributed by atoms with E-state index in [9.17, 15) is 18.0 Å². The molecule has 1 aliphatic rings. The lowest BCUT2D eigenvalue weighted by molar-refractivity contribution is -0.187. The number of carboxylic acid groups (broad SMARTS) is 1. The number of nitrogens with zero attached hydrogens (tertiary/aromatic N) is 3. The Balaban J connectivity index is 2.22. The Morgan fingerprint density at radius 3 is 2.39 bits per heavy atom. The number of aromatic nitrogens is 2. The number of carbonyl (C=O) groups is 1. The van der Waals surface area contributed by atoms with Crippen molar-refractivity contribution in [3.8, 4) is 0 Å². The molecule has 0 aromatic carbocycles. The van der Waals surface area contributed by atoms with Gasteiger partial charge in [-0.25, -0.2) is 9.97 Å². The zero-order valence-corrected chi connectivity index (χ0v) is 9.13. The van der Waals surface area contributed by atoms with Crippen LogP contribution in [0.25, 0.3) is 0 Å². The maximum absolute atomic E-state index is 12.7. The predicted molar refractivity (Wildman–Crippen MR) is 54.9 cm³/mol. The van der Waals surface area contributed by atoms with Crippen LogP contribution in [0.15, 0.2) is 18.5 Å². The van der Waals surface area contributed by atoms with Gasteiger partial charge in [-0.15, -0.1) is 0 Å². The molecule has 0 unspecified atom stereocenters. The van der Waals surface area contributed by atoms with E-state index in [4.69, 9.17) is 5.11 Å². The van der Waals surface area contributed by atoms with E-state index in [1.54, 1.807) is 0 Å². The van der Waals surface area contributed by atoms with E-state index in [0.29, 0.717) is 0 Å². The first-order valence-corrected chi connectivity index (χ1v) is 5.21. The highest BCUT2D eigenvalue weighted by Crippen LogP contribution is 2.38. The molecular formula is C10H10F3N3O2. The van der Waals surface area contributed by atoms with Crippen LogP contribution in [0, 0.1) is 11.8 Å². The van der Waals surface area contributed by atoms with Crippen molar-refractivity contribution >= 4 is 11.9 Å². The fourth-order valence-electron chi connectivity index (χ4n) is 2.00. The summed E-state index contributed by atoms with van der Waals surface area (Å²) in [5, 5.41) is 8.84. The molecule has 1 aliphatic heterocycles. The second kappa shape index (κ2) is 4.43. The van der Waals surface area contributed by atoms with Crippen molar-refractivity contribution in [3.63, 3.8) is 0 Å². The van der Waals surface area contributed by atoms with Crippen LogP contribution < -0.4 is 4.90 Å². The summed E-state index contributed by atoms with van der Waals surface area (Å²) in [4.78, 5) is 19.8. The Kier molecular flexibility index (Phi) is 3.10. The first kappa shape index (κ1) is 12.6. The molecule has 98 valence electrons.